The van der Waals surface area contributed by atoms with Crippen molar-refractivity contribution in [2.45, 2.75) is 84.0 Å². The Morgan fingerprint density at radius 3 is 2.42 bits per heavy atom. The van der Waals surface area contributed by atoms with Gasteiger partial charge in [0.1, 0.15) is 23.0 Å². The monoisotopic (exact) mass is 586 g/mol. The molecule has 5 rings (SSSR count). The SMILES string of the molecule is Cc1nc2ccccc2n1C1CCN(C(=O)C(Cc2c[nH]c3ccccc23)NC(=O)C(C)(C)NC(=O)OC(C)(C)C)CC1. The van der Waals surface area contributed by atoms with Crippen LogP contribution in [0.1, 0.15) is 64.9 Å². The Hall–Kier alpha value is -4.34. The molecule has 0 radical (unpaired) electrons. The summed E-state index contributed by atoms with van der Waals surface area (Å²) >= 11 is 0. The second-order valence-electron chi connectivity index (χ2n) is 12.9. The van der Waals surface area contributed by atoms with Crippen molar-refractivity contribution in [1.82, 2.24) is 30.1 Å². The number of amides is 3. The average molecular weight is 587 g/mol. The third kappa shape index (κ3) is 6.68. The van der Waals surface area contributed by atoms with E-state index in [1.165, 1.54) is 0 Å². The van der Waals surface area contributed by atoms with Crippen molar-refractivity contribution >= 4 is 39.8 Å². The lowest BCUT2D eigenvalue weighted by Gasteiger charge is -2.36. The summed E-state index contributed by atoms with van der Waals surface area (Å²) in [7, 11) is 0. The van der Waals surface area contributed by atoms with Gasteiger partial charge in [-0.05, 0) is 78.1 Å². The second kappa shape index (κ2) is 11.7. The summed E-state index contributed by atoms with van der Waals surface area (Å²) in [5.74, 6) is 0.361. The fourth-order valence-corrected chi connectivity index (χ4v) is 5.87. The number of aromatic amines is 1. The van der Waals surface area contributed by atoms with Gasteiger partial charge in [-0.15, -0.1) is 0 Å². The first-order valence-electron chi connectivity index (χ1n) is 14.9. The van der Waals surface area contributed by atoms with Crippen LogP contribution >= 0.6 is 0 Å². The topological polar surface area (TPSA) is 121 Å². The van der Waals surface area contributed by atoms with Crippen molar-refractivity contribution in [3.63, 3.8) is 0 Å². The summed E-state index contributed by atoms with van der Waals surface area (Å²) in [6.07, 6.45) is 3.07. The largest absolute Gasteiger partial charge is 0.444 e. The van der Waals surface area contributed by atoms with E-state index in [9.17, 15) is 14.4 Å². The molecule has 3 N–H and O–H groups in total. The highest BCUT2D eigenvalue weighted by Crippen LogP contribution is 2.29. The van der Waals surface area contributed by atoms with Crippen molar-refractivity contribution in [2.75, 3.05) is 13.1 Å². The molecule has 1 aliphatic heterocycles. The fourth-order valence-electron chi connectivity index (χ4n) is 5.87. The molecular formula is C33H42N6O4. The number of imidazole rings is 1. The molecule has 1 atom stereocenters. The van der Waals surface area contributed by atoms with Crippen LogP contribution in [-0.4, -0.2) is 67.6 Å². The third-order valence-electron chi connectivity index (χ3n) is 8.00. The molecule has 0 aliphatic carbocycles. The number of rotatable bonds is 7. The molecule has 43 heavy (non-hydrogen) atoms. The fraction of sp³-hybridized carbons (Fsp3) is 0.455. The molecule has 1 aliphatic rings. The number of hydrogen-bond donors (Lipinski definition) is 3. The molecule has 228 valence electrons. The zero-order chi connectivity index (χ0) is 30.9. The van der Waals surface area contributed by atoms with Crippen LogP contribution in [0.5, 0.6) is 0 Å². The molecule has 0 spiro atoms. The van der Waals surface area contributed by atoms with Crippen LogP contribution < -0.4 is 10.6 Å². The summed E-state index contributed by atoms with van der Waals surface area (Å²) < 4.78 is 7.65. The molecule has 2 aromatic heterocycles. The van der Waals surface area contributed by atoms with E-state index in [0.29, 0.717) is 19.5 Å². The van der Waals surface area contributed by atoms with Gasteiger partial charge in [-0.3, -0.25) is 9.59 Å². The maximum Gasteiger partial charge on any atom is 0.408 e. The van der Waals surface area contributed by atoms with Crippen LogP contribution in [0.3, 0.4) is 0 Å². The predicted octanol–water partition coefficient (Wildman–Crippen LogP) is 5.02. The number of nitrogens with one attached hydrogen (secondary N) is 3. The first-order chi connectivity index (χ1) is 20.3. The zero-order valence-corrected chi connectivity index (χ0v) is 25.9. The maximum absolute atomic E-state index is 14.1. The predicted molar refractivity (Wildman–Crippen MR) is 167 cm³/mol. The Bertz CT molecular complexity index is 1640. The first-order valence-corrected chi connectivity index (χ1v) is 14.9. The van der Waals surface area contributed by atoms with Gasteiger partial charge in [-0.25, -0.2) is 9.78 Å². The van der Waals surface area contributed by atoms with Crippen molar-refractivity contribution in [2.24, 2.45) is 0 Å². The molecule has 4 aromatic rings. The van der Waals surface area contributed by atoms with E-state index in [4.69, 9.17) is 9.72 Å². The number of benzene rings is 2. The molecule has 1 unspecified atom stereocenters. The summed E-state index contributed by atoms with van der Waals surface area (Å²) in [6, 6.07) is 15.4. The molecule has 2 aromatic carbocycles. The molecule has 1 saturated heterocycles. The van der Waals surface area contributed by atoms with E-state index >= 15 is 0 Å². The van der Waals surface area contributed by atoms with Crippen molar-refractivity contribution in [3.8, 4) is 0 Å². The maximum atomic E-state index is 14.1. The standard InChI is InChI=1S/C33H42N6O4/c1-21-35-26-13-9-10-14-28(26)39(21)23-15-17-38(18-16-23)29(40)27(19-22-20-34-25-12-8-7-11-24(22)25)36-30(41)33(5,6)37-31(42)43-32(2,3)4/h7-14,20,23,27,34H,15-19H2,1-6H3,(H,36,41)(H,37,42). The summed E-state index contributed by atoms with van der Waals surface area (Å²) in [4.78, 5) is 50.0. The second-order valence-corrected chi connectivity index (χ2v) is 12.9. The molecule has 1 fully saturated rings. The summed E-state index contributed by atoms with van der Waals surface area (Å²) in [6.45, 7) is 11.6. The van der Waals surface area contributed by atoms with E-state index in [0.717, 1.165) is 46.2 Å². The number of ether oxygens (including phenoxy) is 1. The molecule has 3 amide bonds. The van der Waals surface area contributed by atoms with Gasteiger partial charge < -0.3 is 29.8 Å². The van der Waals surface area contributed by atoms with Gasteiger partial charge in [0.15, 0.2) is 0 Å². The number of alkyl carbamates (subject to hydrolysis) is 1. The minimum absolute atomic E-state index is 0.141. The third-order valence-corrected chi connectivity index (χ3v) is 8.00. The Morgan fingerprint density at radius 2 is 1.70 bits per heavy atom. The highest BCUT2D eigenvalue weighted by Gasteiger charge is 2.37. The number of nitrogens with zero attached hydrogens (tertiary/aromatic N) is 3. The number of aryl methyl sites for hydroxylation is 1. The number of hydrogen-bond acceptors (Lipinski definition) is 5. The van der Waals surface area contributed by atoms with Crippen LogP contribution in [0, 0.1) is 6.92 Å². The van der Waals surface area contributed by atoms with Crippen molar-refractivity contribution in [3.05, 3.63) is 66.1 Å². The number of piperidine rings is 1. The lowest BCUT2D eigenvalue weighted by Crippen LogP contribution is -2.60. The normalized spacial score (nSPS) is 15.4. The number of carbonyl (C=O) groups excluding carboxylic acids is 3. The number of carbonyl (C=O) groups is 3. The van der Waals surface area contributed by atoms with Gasteiger partial charge in [-0.2, -0.15) is 0 Å². The Labute approximate surface area is 252 Å². The number of H-pyrrole nitrogens is 1. The summed E-state index contributed by atoms with van der Waals surface area (Å²) in [5, 5.41) is 6.62. The number of fused-ring (bicyclic) bond motifs is 2. The average Bonchev–Trinajstić information content (AvgIpc) is 3.50. The van der Waals surface area contributed by atoms with Gasteiger partial charge in [0.2, 0.25) is 11.8 Å². The number of aromatic nitrogens is 3. The van der Waals surface area contributed by atoms with Gasteiger partial charge in [-0.1, -0.05) is 30.3 Å². The highest BCUT2D eigenvalue weighted by molar-refractivity contribution is 5.94. The van der Waals surface area contributed by atoms with E-state index < -0.39 is 29.2 Å². The van der Waals surface area contributed by atoms with Crippen LogP contribution in [0.15, 0.2) is 54.7 Å². The van der Waals surface area contributed by atoms with Gasteiger partial charge in [0.05, 0.1) is 11.0 Å². The quantitative estimate of drug-likeness (QED) is 0.281. The first kappa shape index (κ1) is 30.1. The van der Waals surface area contributed by atoms with Crippen molar-refractivity contribution < 1.29 is 19.1 Å². The summed E-state index contributed by atoms with van der Waals surface area (Å²) in [5.41, 5.74) is 1.96. The molecule has 0 saturated carbocycles. The molecule has 10 nitrogen and oxygen atoms in total. The highest BCUT2D eigenvalue weighted by atomic mass is 16.6. The molecule has 10 heteroatoms. The minimum Gasteiger partial charge on any atom is -0.444 e. The number of para-hydroxylation sites is 3. The lowest BCUT2D eigenvalue weighted by atomic mass is 9.98. The zero-order valence-electron chi connectivity index (χ0n) is 25.9. The van der Waals surface area contributed by atoms with Gasteiger partial charge in [0, 0.05) is 42.7 Å². The van der Waals surface area contributed by atoms with E-state index in [-0.39, 0.29) is 11.9 Å². The van der Waals surface area contributed by atoms with Crippen molar-refractivity contribution in [1.29, 1.82) is 0 Å². The molecule has 0 bridgehead atoms. The van der Waals surface area contributed by atoms with Crippen LogP contribution in [0.4, 0.5) is 4.79 Å². The Morgan fingerprint density at radius 1 is 1.02 bits per heavy atom. The van der Waals surface area contributed by atoms with Gasteiger partial charge in [0.25, 0.3) is 0 Å². The number of likely N-dealkylation sites (tertiary alicyclic amines) is 1. The molecular weight excluding hydrogens is 544 g/mol. The van der Waals surface area contributed by atoms with E-state index in [2.05, 4.69) is 26.3 Å². The minimum atomic E-state index is -1.31. The van der Waals surface area contributed by atoms with Gasteiger partial charge >= 0.3 is 6.09 Å². The molecule has 3 heterocycles. The van der Waals surface area contributed by atoms with E-state index in [1.54, 1.807) is 34.6 Å². The van der Waals surface area contributed by atoms with Crippen LogP contribution in [0.2, 0.25) is 0 Å². The van der Waals surface area contributed by atoms with Crippen LogP contribution in [-0.2, 0) is 20.7 Å². The van der Waals surface area contributed by atoms with Crippen LogP contribution in [0.25, 0.3) is 21.9 Å². The lowest BCUT2D eigenvalue weighted by molar-refractivity contribution is -0.138. The Kier molecular flexibility index (Phi) is 8.23. The smallest absolute Gasteiger partial charge is 0.408 e. The van der Waals surface area contributed by atoms with E-state index in [1.807, 2.05) is 60.5 Å². The Balaban J connectivity index is 1.33.